The Labute approximate surface area is 147 Å². The van der Waals surface area contributed by atoms with Gasteiger partial charge in [-0.3, -0.25) is 20.3 Å². The molecule has 0 spiro atoms. The number of phenolic OH excluding ortho intramolecular Hbond substituents is 1. The van der Waals surface area contributed by atoms with Crippen LogP contribution in [0.4, 0.5) is 10.8 Å². The van der Waals surface area contributed by atoms with Crippen molar-refractivity contribution in [1.29, 1.82) is 0 Å². The Morgan fingerprint density at radius 1 is 1.56 bits per heavy atom. The third-order valence-corrected chi connectivity index (χ3v) is 4.23. The normalized spacial score (nSPS) is 10.8. The molecule has 0 bridgehead atoms. The number of nitrogens with one attached hydrogen (secondary N) is 1. The molecule has 0 fully saturated rings. The Morgan fingerprint density at radius 3 is 2.84 bits per heavy atom. The number of nitro groups is 1. The number of Topliss-reactive ketones (excluding diaryl/α,β-unsaturated/α-hetero) is 1. The number of phenols is 1. The third kappa shape index (κ3) is 4.29. The van der Waals surface area contributed by atoms with E-state index in [0.29, 0.717) is 21.3 Å². The second kappa shape index (κ2) is 7.71. The van der Waals surface area contributed by atoms with Crippen LogP contribution in [0.15, 0.2) is 17.2 Å². The van der Waals surface area contributed by atoms with Crippen LogP contribution in [0.25, 0.3) is 0 Å². The zero-order chi connectivity index (χ0) is 18.6. The number of anilines is 1. The maximum atomic E-state index is 11.4. The summed E-state index contributed by atoms with van der Waals surface area (Å²) in [5, 5.41) is 25.2. The Hall–Kier alpha value is -3.01. The monoisotopic (exact) mass is 364 g/mol. The van der Waals surface area contributed by atoms with Gasteiger partial charge in [0.05, 0.1) is 28.3 Å². The van der Waals surface area contributed by atoms with Crippen LogP contribution in [0.5, 0.6) is 11.5 Å². The quantitative estimate of drug-likeness (QED) is 0.334. The summed E-state index contributed by atoms with van der Waals surface area (Å²) in [6.45, 7) is 5.12. The van der Waals surface area contributed by atoms with Crippen LogP contribution in [0.1, 0.15) is 34.8 Å². The lowest BCUT2D eigenvalue weighted by Gasteiger charge is -2.07. The maximum absolute atomic E-state index is 11.4. The van der Waals surface area contributed by atoms with Crippen LogP contribution in [-0.4, -0.2) is 33.6 Å². The second-order valence-corrected chi connectivity index (χ2v) is 5.94. The number of carbonyl (C=O) groups is 1. The molecule has 0 unspecified atom stereocenters. The van der Waals surface area contributed by atoms with E-state index in [2.05, 4.69) is 15.5 Å². The second-order valence-electron chi connectivity index (χ2n) is 4.94. The first-order valence-corrected chi connectivity index (χ1v) is 8.06. The Balaban J connectivity index is 2.24. The number of hydrazone groups is 1. The SMILES string of the molecule is CCOc1cc(/C=N\Nc2nc(C)c(C(C)=O)s2)cc([N+](=O)[O-])c1O. The highest BCUT2D eigenvalue weighted by molar-refractivity contribution is 7.17. The van der Waals surface area contributed by atoms with Crippen molar-refractivity contribution in [3.63, 3.8) is 0 Å². The van der Waals surface area contributed by atoms with E-state index in [1.807, 2.05) is 0 Å². The van der Waals surface area contributed by atoms with E-state index in [4.69, 9.17) is 4.74 Å². The van der Waals surface area contributed by atoms with Crippen molar-refractivity contribution in [3.8, 4) is 11.5 Å². The highest BCUT2D eigenvalue weighted by Gasteiger charge is 2.19. The van der Waals surface area contributed by atoms with Gasteiger partial charge in [0.15, 0.2) is 11.5 Å². The molecule has 0 aliphatic heterocycles. The summed E-state index contributed by atoms with van der Waals surface area (Å²) in [6.07, 6.45) is 1.33. The Bertz CT molecular complexity index is 847. The number of aromatic hydroxyl groups is 1. The molecule has 0 radical (unpaired) electrons. The first kappa shape index (κ1) is 18.3. The van der Waals surface area contributed by atoms with Crippen molar-refractivity contribution in [2.75, 3.05) is 12.0 Å². The van der Waals surface area contributed by atoms with Crippen LogP contribution in [-0.2, 0) is 0 Å². The summed E-state index contributed by atoms with van der Waals surface area (Å²) < 4.78 is 5.19. The standard InChI is InChI=1S/C15H16N4O5S/c1-4-24-12-6-10(5-11(13(12)21)19(22)23)7-16-18-15-17-8(2)14(25-15)9(3)20/h5-7,21H,4H2,1-3H3,(H,17,18)/b16-7-. The van der Waals surface area contributed by atoms with E-state index in [9.17, 15) is 20.0 Å². The fraction of sp³-hybridized carbons (Fsp3) is 0.267. The minimum absolute atomic E-state index is 0.00195. The average molecular weight is 364 g/mol. The lowest BCUT2D eigenvalue weighted by atomic mass is 10.2. The zero-order valence-electron chi connectivity index (χ0n) is 13.8. The fourth-order valence-corrected chi connectivity index (χ4v) is 2.84. The van der Waals surface area contributed by atoms with Gasteiger partial charge < -0.3 is 9.84 Å². The van der Waals surface area contributed by atoms with E-state index in [-0.39, 0.29) is 18.1 Å². The average Bonchev–Trinajstić information content (AvgIpc) is 2.91. The molecular formula is C15H16N4O5S. The molecule has 2 aromatic rings. The summed E-state index contributed by atoms with van der Waals surface area (Å²) in [5.74, 6) is -0.608. The first-order chi connectivity index (χ1) is 11.8. The number of hydrogen-bond donors (Lipinski definition) is 2. The topological polar surface area (TPSA) is 127 Å². The molecule has 9 nitrogen and oxygen atoms in total. The minimum Gasteiger partial charge on any atom is -0.500 e. The number of ether oxygens (including phenoxy) is 1. The van der Waals surface area contributed by atoms with E-state index < -0.39 is 16.4 Å². The van der Waals surface area contributed by atoms with Gasteiger partial charge in [0.1, 0.15) is 0 Å². The Kier molecular flexibility index (Phi) is 5.65. The molecule has 0 amide bonds. The van der Waals surface area contributed by atoms with E-state index >= 15 is 0 Å². The number of aryl methyl sites for hydroxylation is 1. The van der Waals surface area contributed by atoms with Gasteiger partial charge in [-0.15, -0.1) is 0 Å². The fourth-order valence-electron chi connectivity index (χ4n) is 2.03. The van der Waals surface area contributed by atoms with Crippen molar-refractivity contribution < 1.29 is 19.6 Å². The van der Waals surface area contributed by atoms with Gasteiger partial charge in [-0.1, -0.05) is 11.3 Å². The molecule has 2 N–H and O–H groups in total. The van der Waals surface area contributed by atoms with Gasteiger partial charge >= 0.3 is 5.69 Å². The molecule has 25 heavy (non-hydrogen) atoms. The number of thiazole rings is 1. The van der Waals surface area contributed by atoms with Crippen molar-refractivity contribution in [2.24, 2.45) is 5.10 Å². The van der Waals surface area contributed by atoms with Crippen molar-refractivity contribution in [1.82, 2.24) is 4.98 Å². The van der Waals surface area contributed by atoms with Crippen LogP contribution in [0.3, 0.4) is 0 Å². The highest BCUT2D eigenvalue weighted by Crippen LogP contribution is 2.36. The molecule has 10 heteroatoms. The van der Waals surface area contributed by atoms with Crippen molar-refractivity contribution >= 4 is 34.2 Å². The van der Waals surface area contributed by atoms with Crippen molar-refractivity contribution in [3.05, 3.63) is 38.4 Å². The van der Waals surface area contributed by atoms with Crippen LogP contribution >= 0.6 is 11.3 Å². The maximum Gasteiger partial charge on any atom is 0.315 e. The van der Waals surface area contributed by atoms with Gasteiger partial charge in [0.2, 0.25) is 10.9 Å². The van der Waals surface area contributed by atoms with E-state index in [0.717, 1.165) is 0 Å². The number of carbonyl (C=O) groups excluding carboxylic acids is 1. The van der Waals surface area contributed by atoms with Crippen molar-refractivity contribution in [2.45, 2.75) is 20.8 Å². The molecule has 2 rings (SSSR count). The lowest BCUT2D eigenvalue weighted by Crippen LogP contribution is -1.98. The molecule has 0 aliphatic carbocycles. The Morgan fingerprint density at radius 2 is 2.28 bits per heavy atom. The summed E-state index contributed by atoms with van der Waals surface area (Å²) >= 11 is 1.17. The number of aromatic nitrogens is 1. The number of rotatable bonds is 7. The van der Waals surface area contributed by atoms with Gasteiger partial charge in [0.25, 0.3) is 0 Å². The largest absolute Gasteiger partial charge is 0.500 e. The molecule has 0 saturated heterocycles. The van der Waals surface area contributed by atoms with Gasteiger partial charge in [-0.25, -0.2) is 4.98 Å². The molecule has 1 heterocycles. The molecule has 1 aromatic carbocycles. The number of benzene rings is 1. The van der Waals surface area contributed by atoms with E-state index in [1.165, 1.54) is 36.6 Å². The predicted molar refractivity (Wildman–Crippen MR) is 94.0 cm³/mol. The number of hydrogen-bond acceptors (Lipinski definition) is 9. The first-order valence-electron chi connectivity index (χ1n) is 7.25. The molecule has 1 aromatic heterocycles. The van der Waals surface area contributed by atoms with Crippen LogP contribution in [0.2, 0.25) is 0 Å². The molecule has 0 saturated carbocycles. The summed E-state index contributed by atoms with van der Waals surface area (Å²) in [4.78, 5) is 26.4. The smallest absolute Gasteiger partial charge is 0.315 e. The lowest BCUT2D eigenvalue weighted by molar-refractivity contribution is -0.386. The van der Waals surface area contributed by atoms with Gasteiger partial charge in [-0.05, 0) is 19.9 Å². The molecular weight excluding hydrogens is 348 g/mol. The number of ketones is 1. The zero-order valence-corrected chi connectivity index (χ0v) is 14.6. The molecule has 132 valence electrons. The highest BCUT2D eigenvalue weighted by atomic mass is 32.1. The predicted octanol–water partition coefficient (Wildman–Crippen LogP) is 3.11. The van der Waals surface area contributed by atoms with Gasteiger partial charge in [-0.2, -0.15) is 5.10 Å². The minimum atomic E-state index is -0.702. The summed E-state index contributed by atoms with van der Waals surface area (Å²) in [6, 6.07) is 2.61. The van der Waals surface area contributed by atoms with E-state index in [1.54, 1.807) is 13.8 Å². The van der Waals surface area contributed by atoms with Crippen LogP contribution in [0, 0.1) is 17.0 Å². The molecule has 0 aliphatic rings. The number of nitro benzene ring substituents is 1. The summed E-state index contributed by atoms with van der Waals surface area (Å²) in [5.41, 5.74) is 3.17. The van der Waals surface area contributed by atoms with Gasteiger partial charge in [0, 0.05) is 18.6 Å². The summed E-state index contributed by atoms with van der Waals surface area (Å²) in [7, 11) is 0. The third-order valence-electron chi connectivity index (χ3n) is 3.06. The van der Waals surface area contributed by atoms with Crippen LogP contribution < -0.4 is 10.2 Å². The number of nitrogens with zero attached hydrogens (tertiary/aromatic N) is 3. The molecule has 0 atom stereocenters.